The zero-order valence-corrected chi connectivity index (χ0v) is 15.8. The second-order valence-corrected chi connectivity index (χ2v) is 9.03. The fourth-order valence-electron chi connectivity index (χ4n) is 3.80. The third-order valence-electron chi connectivity index (χ3n) is 5.16. The average Bonchev–Trinajstić information content (AvgIpc) is 3.16. The van der Waals surface area contributed by atoms with Gasteiger partial charge in [0.05, 0.1) is 0 Å². The van der Waals surface area contributed by atoms with E-state index in [1.54, 1.807) is 12.1 Å². The second-order valence-electron chi connectivity index (χ2n) is 7.17. The van der Waals surface area contributed by atoms with Gasteiger partial charge in [-0.1, -0.05) is 0 Å². The van der Waals surface area contributed by atoms with Gasteiger partial charge in [0.15, 0.2) is 0 Å². The Hall–Kier alpha value is -1.67. The van der Waals surface area contributed by atoms with Crippen molar-refractivity contribution in [2.24, 2.45) is 11.8 Å². The Morgan fingerprint density at radius 2 is 2.12 bits per heavy atom. The molecule has 2 aliphatic rings. The van der Waals surface area contributed by atoms with E-state index >= 15 is 0 Å². The first-order valence-electron chi connectivity index (χ1n) is 8.67. The zero-order chi connectivity index (χ0) is 18.5. The lowest BCUT2D eigenvalue weighted by atomic mass is 10.2. The highest BCUT2D eigenvalue weighted by atomic mass is 32.2. The Bertz CT molecular complexity index is 793. The van der Waals surface area contributed by atoms with Crippen LogP contribution < -0.4 is 4.90 Å². The number of carboxylic acids is 1. The molecular weight excluding hydrogens is 342 g/mol. The van der Waals surface area contributed by atoms with Crippen LogP contribution in [-0.2, 0) is 14.8 Å². The molecule has 1 saturated heterocycles. The number of aliphatic carboxylic acids is 1. The molecule has 138 valence electrons. The number of carboxylic acid groups (broad SMARTS) is 1. The van der Waals surface area contributed by atoms with E-state index in [0.717, 1.165) is 16.4 Å². The minimum absolute atomic E-state index is 0.0542. The summed E-state index contributed by atoms with van der Waals surface area (Å²) in [7, 11) is -3.92. The van der Waals surface area contributed by atoms with E-state index < -0.39 is 22.0 Å². The van der Waals surface area contributed by atoms with Gasteiger partial charge in [0.2, 0.25) is 10.0 Å². The Balaban J connectivity index is 2.07. The Morgan fingerprint density at radius 3 is 2.68 bits per heavy atom. The number of sulfonamides is 1. The molecule has 1 aliphatic heterocycles. The average molecular weight is 367 g/mol. The van der Waals surface area contributed by atoms with Crippen molar-refractivity contribution in [1.82, 2.24) is 9.29 Å². The van der Waals surface area contributed by atoms with Crippen LogP contribution in [0.2, 0.25) is 0 Å². The predicted molar refractivity (Wildman–Crippen MR) is 94.0 cm³/mol. The van der Waals surface area contributed by atoms with E-state index in [4.69, 9.17) is 0 Å². The standard InChI is InChI=1S/C17H25N3O4S/c1-5-19(10(2)3)16-14(7-6-11(4)18-16)25(23,24)20-9-12-8-13(12)15(20)17(21)22/h6-7,10,12-13,15H,5,8-9H2,1-4H3,(H,21,22)/t12?,13?,15-/m0/s1. The van der Waals surface area contributed by atoms with Gasteiger partial charge in [0.25, 0.3) is 0 Å². The number of aromatic nitrogens is 1. The lowest BCUT2D eigenvalue weighted by Gasteiger charge is -2.30. The molecular formula is C17H25N3O4S. The summed E-state index contributed by atoms with van der Waals surface area (Å²) in [4.78, 5) is 18.1. The van der Waals surface area contributed by atoms with Gasteiger partial charge in [0, 0.05) is 24.8 Å². The van der Waals surface area contributed by atoms with Gasteiger partial charge in [-0.05, 0) is 58.1 Å². The van der Waals surface area contributed by atoms with Crippen LogP contribution in [0.15, 0.2) is 17.0 Å². The molecule has 3 atom stereocenters. The van der Waals surface area contributed by atoms with Crippen LogP contribution in [0.1, 0.15) is 32.9 Å². The fourth-order valence-corrected chi connectivity index (χ4v) is 5.62. The number of aryl methyl sites for hydroxylation is 1. The Kier molecular flexibility index (Phi) is 4.53. The topological polar surface area (TPSA) is 90.8 Å². The number of rotatable bonds is 6. The summed E-state index contributed by atoms with van der Waals surface area (Å²) in [6.45, 7) is 8.63. The molecule has 3 rings (SSSR count). The summed E-state index contributed by atoms with van der Waals surface area (Å²) in [6.07, 6.45) is 0.801. The van der Waals surface area contributed by atoms with Gasteiger partial charge in [-0.2, -0.15) is 4.31 Å². The van der Waals surface area contributed by atoms with Crippen molar-refractivity contribution >= 4 is 21.8 Å². The number of anilines is 1. The lowest BCUT2D eigenvalue weighted by Crippen LogP contribution is -2.44. The minimum atomic E-state index is -3.92. The largest absolute Gasteiger partial charge is 0.480 e. The third-order valence-corrected chi connectivity index (χ3v) is 7.03. The number of nitrogens with zero attached hydrogens (tertiary/aromatic N) is 3. The molecule has 2 fully saturated rings. The first kappa shape index (κ1) is 18.1. The van der Waals surface area contributed by atoms with Crippen LogP contribution in [0, 0.1) is 18.8 Å². The molecule has 0 bridgehead atoms. The zero-order valence-electron chi connectivity index (χ0n) is 15.0. The quantitative estimate of drug-likeness (QED) is 0.823. The molecule has 8 heteroatoms. The summed E-state index contributed by atoms with van der Waals surface area (Å²) >= 11 is 0. The smallest absolute Gasteiger partial charge is 0.322 e. The molecule has 0 radical (unpaired) electrons. The van der Waals surface area contributed by atoms with Crippen LogP contribution >= 0.6 is 0 Å². The molecule has 1 aromatic heterocycles. The van der Waals surface area contributed by atoms with E-state index in [1.807, 2.05) is 32.6 Å². The molecule has 1 aliphatic carbocycles. The van der Waals surface area contributed by atoms with Gasteiger partial charge < -0.3 is 10.0 Å². The van der Waals surface area contributed by atoms with Crippen LogP contribution in [-0.4, -0.2) is 54.0 Å². The van der Waals surface area contributed by atoms with Crippen LogP contribution in [0.3, 0.4) is 0 Å². The number of hydrogen-bond acceptors (Lipinski definition) is 5. The molecule has 0 aromatic carbocycles. The van der Waals surface area contributed by atoms with Crippen molar-refractivity contribution in [3.8, 4) is 0 Å². The van der Waals surface area contributed by atoms with Gasteiger partial charge in [-0.3, -0.25) is 4.79 Å². The maximum Gasteiger partial charge on any atom is 0.322 e. The Morgan fingerprint density at radius 1 is 1.44 bits per heavy atom. The van der Waals surface area contributed by atoms with Crippen molar-refractivity contribution < 1.29 is 18.3 Å². The van der Waals surface area contributed by atoms with Gasteiger partial charge in [-0.15, -0.1) is 0 Å². The Labute approximate surface area is 148 Å². The molecule has 1 N–H and O–H groups in total. The summed E-state index contributed by atoms with van der Waals surface area (Å²) in [6, 6.07) is 2.34. The van der Waals surface area contributed by atoms with Crippen LogP contribution in [0.4, 0.5) is 5.82 Å². The number of hydrogen-bond donors (Lipinski definition) is 1. The number of pyridine rings is 1. The van der Waals surface area contributed by atoms with Crippen molar-refractivity contribution in [1.29, 1.82) is 0 Å². The third kappa shape index (κ3) is 3.01. The van der Waals surface area contributed by atoms with Gasteiger partial charge in [-0.25, -0.2) is 13.4 Å². The monoisotopic (exact) mass is 367 g/mol. The van der Waals surface area contributed by atoms with Crippen LogP contribution in [0.25, 0.3) is 0 Å². The van der Waals surface area contributed by atoms with Crippen LogP contribution in [0.5, 0.6) is 0 Å². The molecule has 0 spiro atoms. The van der Waals surface area contributed by atoms with E-state index in [9.17, 15) is 18.3 Å². The molecule has 7 nitrogen and oxygen atoms in total. The maximum absolute atomic E-state index is 13.3. The molecule has 1 aromatic rings. The van der Waals surface area contributed by atoms with Gasteiger partial charge in [0.1, 0.15) is 16.8 Å². The first-order valence-corrected chi connectivity index (χ1v) is 10.1. The first-order chi connectivity index (χ1) is 11.7. The van der Waals surface area contributed by atoms with Crippen molar-refractivity contribution in [2.45, 2.75) is 51.1 Å². The SMILES string of the molecule is CCN(c1nc(C)ccc1S(=O)(=O)N1CC2CC2[C@H]1C(=O)O)C(C)C. The number of fused-ring (bicyclic) bond motifs is 1. The fraction of sp³-hybridized carbons (Fsp3) is 0.647. The number of carbonyl (C=O) groups is 1. The van der Waals surface area contributed by atoms with Crippen molar-refractivity contribution in [3.05, 3.63) is 17.8 Å². The summed E-state index contributed by atoms with van der Waals surface area (Å²) in [5, 5.41) is 9.52. The minimum Gasteiger partial charge on any atom is -0.480 e. The van der Waals surface area contributed by atoms with Crippen molar-refractivity contribution in [2.75, 3.05) is 18.0 Å². The maximum atomic E-state index is 13.3. The molecule has 1 saturated carbocycles. The predicted octanol–water partition coefficient (Wildman–Crippen LogP) is 1.72. The highest BCUT2D eigenvalue weighted by Gasteiger charge is 2.59. The highest BCUT2D eigenvalue weighted by Crippen LogP contribution is 2.51. The van der Waals surface area contributed by atoms with Crippen molar-refractivity contribution in [3.63, 3.8) is 0 Å². The molecule has 25 heavy (non-hydrogen) atoms. The number of piperidine rings is 1. The normalized spacial score (nSPS) is 25.9. The summed E-state index contributed by atoms with van der Waals surface area (Å²) in [5.41, 5.74) is 0.729. The summed E-state index contributed by atoms with van der Waals surface area (Å²) in [5.74, 6) is -0.541. The van der Waals surface area contributed by atoms with E-state index in [0.29, 0.717) is 12.4 Å². The molecule has 2 heterocycles. The molecule has 2 unspecified atom stereocenters. The second kappa shape index (κ2) is 6.25. The molecule has 0 amide bonds. The van der Waals surface area contributed by atoms with Gasteiger partial charge >= 0.3 is 5.97 Å². The highest BCUT2D eigenvalue weighted by molar-refractivity contribution is 7.89. The summed E-state index contributed by atoms with van der Waals surface area (Å²) < 4.78 is 27.7. The van der Waals surface area contributed by atoms with E-state index in [-0.39, 0.29) is 29.3 Å². The van der Waals surface area contributed by atoms with E-state index in [2.05, 4.69) is 4.98 Å². The van der Waals surface area contributed by atoms with E-state index in [1.165, 1.54) is 0 Å². The lowest BCUT2D eigenvalue weighted by molar-refractivity contribution is -0.141.